The van der Waals surface area contributed by atoms with E-state index in [1.807, 2.05) is 27.0 Å². The molecule has 2 N–H and O–H groups in total. The monoisotopic (exact) mass is 469 g/mol. The van der Waals surface area contributed by atoms with Crippen LogP contribution in [-0.2, 0) is 19.6 Å². The van der Waals surface area contributed by atoms with Crippen LogP contribution < -0.4 is 10.6 Å². The molecule has 2 amide bonds. The van der Waals surface area contributed by atoms with Gasteiger partial charge in [0.05, 0.1) is 4.90 Å². The summed E-state index contributed by atoms with van der Waals surface area (Å²) in [7, 11) is -3.56. The SMILES string of the molecule is CCC(C)NC(=O)C(CCSC)NC(=O)C1CCN(S(=O)(=O)c2ccc(C)cc2)CC1. The first-order valence-electron chi connectivity index (χ1n) is 10.9. The summed E-state index contributed by atoms with van der Waals surface area (Å²) in [6, 6.07) is 6.30. The minimum Gasteiger partial charge on any atom is -0.352 e. The highest BCUT2D eigenvalue weighted by molar-refractivity contribution is 7.98. The fourth-order valence-electron chi connectivity index (χ4n) is 3.46. The molecule has 2 atom stereocenters. The highest BCUT2D eigenvalue weighted by atomic mass is 32.2. The number of hydrogen-bond donors (Lipinski definition) is 2. The number of nitrogens with one attached hydrogen (secondary N) is 2. The number of amides is 2. The summed E-state index contributed by atoms with van der Waals surface area (Å²) in [6.45, 7) is 6.44. The number of hydrogen-bond acceptors (Lipinski definition) is 5. The summed E-state index contributed by atoms with van der Waals surface area (Å²) in [5.41, 5.74) is 1.00. The van der Waals surface area contributed by atoms with Gasteiger partial charge >= 0.3 is 0 Å². The zero-order chi connectivity index (χ0) is 23.0. The third-order valence-corrected chi connectivity index (χ3v) is 8.28. The summed E-state index contributed by atoms with van der Waals surface area (Å²) in [5.74, 6) is 0.151. The summed E-state index contributed by atoms with van der Waals surface area (Å²) >= 11 is 1.63. The van der Waals surface area contributed by atoms with Crippen LogP contribution in [0.5, 0.6) is 0 Å². The number of thioether (sulfide) groups is 1. The number of rotatable bonds is 10. The Kier molecular flexibility index (Phi) is 9.84. The van der Waals surface area contributed by atoms with E-state index in [0.717, 1.165) is 17.7 Å². The lowest BCUT2D eigenvalue weighted by atomic mass is 9.96. The molecule has 1 aliphatic heterocycles. The Bertz CT molecular complexity index is 835. The standard InChI is InChI=1S/C22H35N3O4S2/c1-5-17(3)23-22(27)20(12-15-30-4)24-21(26)18-10-13-25(14-11-18)31(28,29)19-8-6-16(2)7-9-19/h6-9,17-18,20H,5,10-15H2,1-4H3,(H,23,27)(H,24,26). The van der Waals surface area contributed by atoms with Crippen LogP contribution in [0.4, 0.5) is 0 Å². The second-order valence-corrected chi connectivity index (χ2v) is 11.1. The zero-order valence-corrected chi connectivity index (χ0v) is 20.5. The van der Waals surface area contributed by atoms with Crippen LogP contribution in [0.1, 0.15) is 45.1 Å². The van der Waals surface area contributed by atoms with Gasteiger partial charge in [0.25, 0.3) is 0 Å². The molecule has 0 spiro atoms. The molecule has 0 radical (unpaired) electrons. The Morgan fingerprint density at radius 2 is 1.77 bits per heavy atom. The molecule has 2 rings (SSSR count). The molecule has 0 bridgehead atoms. The van der Waals surface area contributed by atoms with E-state index in [4.69, 9.17) is 0 Å². The van der Waals surface area contributed by atoms with Gasteiger partial charge in [0.1, 0.15) is 6.04 Å². The molecule has 31 heavy (non-hydrogen) atoms. The van der Waals surface area contributed by atoms with Crippen molar-refractivity contribution in [2.24, 2.45) is 5.92 Å². The van der Waals surface area contributed by atoms with E-state index in [1.165, 1.54) is 4.31 Å². The number of carbonyl (C=O) groups is 2. The predicted octanol–water partition coefficient (Wildman–Crippen LogP) is 2.55. The number of nitrogens with zero attached hydrogens (tertiary/aromatic N) is 1. The minimum atomic E-state index is -3.56. The molecule has 0 aromatic heterocycles. The van der Waals surface area contributed by atoms with Gasteiger partial charge in [-0.05, 0) is 63.7 Å². The molecule has 1 aromatic carbocycles. The van der Waals surface area contributed by atoms with Gasteiger partial charge in [-0.25, -0.2) is 8.42 Å². The Balaban J connectivity index is 1.96. The van der Waals surface area contributed by atoms with Gasteiger partial charge in [-0.3, -0.25) is 9.59 Å². The van der Waals surface area contributed by atoms with Crippen LogP contribution in [0.2, 0.25) is 0 Å². The van der Waals surface area contributed by atoms with Crippen molar-refractivity contribution in [1.29, 1.82) is 0 Å². The minimum absolute atomic E-state index is 0.0522. The molecular formula is C22H35N3O4S2. The molecule has 1 aromatic rings. The quantitative estimate of drug-likeness (QED) is 0.549. The second-order valence-electron chi connectivity index (χ2n) is 8.15. The van der Waals surface area contributed by atoms with Gasteiger partial charge in [0, 0.05) is 25.0 Å². The number of carbonyl (C=O) groups excluding carboxylic acids is 2. The summed E-state index contributed by atoms with van der Waals surface area (Å²) in [6.07, 6.45) is 4.24. The fraction of sp³-hybridized carbons (Fsp3) is 0.636. The number of sulfonamides is 1. The lowest BCUT2D eigenvalue weighted by Gasteiger charge is -2.31. The molecule has 7 nitrogen and oxygen atoms in total. The first-order valence-corrected chi connectivity index (χ1v) is 13.7. The lowest BCUT2D eigenvalue weighted by Crippen LogP contribution is -2.52. The van der Waals surface area contributed by atoms with Crippen molar-refractivity contribution in [3.05, 3.63) is 29.8 Å². The van der Waals surface area contributed by atoms with Crippen LogP contribution in [0.3, 0.4) is 0 Å². The van der Waals surface area contributed by atoms with Gasteiger partial charge < -0.3 is 10.6 Å². The van der Waals surface area contributed by atoms with Crippen molar-refractivity contribution in [3.63, 3.8) is 0 Å². The van der Waals surface area contributed by atoms with Gasteiger partial charge in [-0.1, -0.05) is 24.6 Å². The van der Waals surface area contributed by atoms with E-state index in [1.54, 1.807) is 36.0 Å². The van der Waals surface area contributed by atoms with Gasteiger partial charge in [-0.2, -0.15) is 16.1 Å². The smallest absolute Gasteiger partial charge is 0.243 e. The Morgan fingerprint density at radius 1 is 1.16 bits per heavy atom. The molecule has 0 saturated carbocycles. The molecule has 1 heterocycles. The topological polar surface area (TPSA) is 95.6 Å². The molecule has 174 valence electrons. The number of aryl methyl sites for hydroxylation is 1. The summed E-state index contributed by atoms with van der Waals surface area (Å²) in [5, 5.41) is 5.86. The van der Waals surface area contributed by atoms with Crippen molar-refractivity contribution in [2.75, 3.05) is 25.1 Å². The highest BCUT2D eigenvalue weighted by Crippen LogP contribution is 2.24. The lowest BCUT2D eigenvalue weighted by molar-refractivity contribution is -0.132. The van der Waals surface area contributed by atoms with Gasteiger partial charge in [-0.15, -0.1) is 0 Å². The fourth-order valence-corrected chi connectivity index (χ4v) is 5.40. The Labute approximate surface area is 190 Å². The summed E-state index contributed by atoms with van der Waals surface area (Å²) < 4.78 is 27.2. The van der Waals surface area contributed by atoms with Crippen LogP contribution in [0, 0.1) is 12.8 Å². The summed E-state index contributed by atoms with van der Waals surface area (Å²) in [4.78, 5) is 25.7. The van der Waals surface area contributed by atoms with Crippen molar-refractivity contribution < 1.29 is 18.0 Å². The van der Waals surface area contributed by atoms with Crippen LogP contribution >= 0.6 is 11.8 Å². The van der Waals surface area contributed by atoms with Crippen LogP contribution in [-0.4, -0.2) is 61.7 Å². The Hall–Kier alpha value is -1.58. The van der Waals surface area contributed by atoms with Crippen molar-refractivity contribution in [1.82, 2.24) is 14.9 Å². The third kappa shape index (κ3) is 7.22. The molecule has 1 fully saturated rings. The van der Waals surface area contributed by atoms with Gasteiger partial charge in [0.2, 0.25) is 21.8 Å². The van der Waals surface area contributed by atoms with E-state index < -0.39 is 16.1 Å². The highest BCUT2D eigenvalue weighted by Gasteiger charge is 2.33. The van der Waals surface area contributed by atoms with Crippen molar-refractivity contribution in [2.45, 2.75) is 63.4 Å². The number of piperidine rings is 1. The molecule has 0 aliphatic carbocycles. The maximum Gasteiger partial charge on any atom is 0.243 e. The average Bonchev–Trinajstić information content (AvgIpc) is 2.76. The molecular weight excluding hydrogens is 434 g/mol. The first-order chi connectivity index (χ1) is 14.7. The normalized spacial score (nSPS) is 17.7. The third-order valence-electron chi connectivity index (χ3n) is 5.73. The first kappa shape index (κ1) is 25.7. The van der Waals surface area contributed by atoms with Crippen molar-refractivity contribution >= 4 is 33.6 Å². The van der Waals surface area contributed by atoms with E-state index in [-0.39, 0.29) is 28.7 Å². The van der Waals surface area contributed by atoms with Gasteiger partial charge in [0.15, 0.2) is 0 Å². The number of benzene rings is 1. The van der Waals surface area contributed by atoms with Crippen molar-refractivity contribution in [3.8, 4) is 0 Å². The maximum atomic E-state index is 12.9. The molecule has 2 unspecified atom stereocenters. The van der Waals surface area contributed by atoms with E-state index in [0.29, 0.717) is 32.4 Å². The van der Waals surface area contributed by atoms with E-state index in [9.17, 15) is 18.0 Å². The largest absolute Gasteiger partial charge is 0.352 e. The molecule has 1 saturated heterocycles. The van der Waals surface area contributed by atoms with Crippen LogP contribution in [0.25, 0.3) is 0 Å². The zero-order valence-electron chi connectivity index (χ0n) is 18.9. The van der Waals surface area contributed by atoms with E-state index in [2.05, 4.69) is 10.6 Å². The second kappa shape index (κ2) is 11.9. The predicted molar refractivity (Wildman–Crippen MR) is 125 cm³/mol. The van der Waals surface area contributed by atoms with Crippen LogP contribution in [0.15, 0.2) is 29.2 Å². The average molecular weight is 470 g/mol. The maximum absolute atomic E-state index is 12.9. The molecule has 1 aliphatic rings. The molecule has 9 heteroatoms. The van der Waals surface area contributed by atoms with E-state index >= 15 is 0 Å². The Morgan fingerprint density at radius 3 is 2.32 bits per heavy atom.